The highest BCUT2D eigenvalue weighted by molar-refractivity contribution is 9.10. The van der Waals surface area contributed by atoms with Crippen LogP contribution in [0.4, 0.5) is 0 Å². The second kappa shape index (κ2) is 10.1. The summed E-state index contributed by atoms with van der Waals surface area (Å²) in [6.07, 6.45) is 0.557. The number of benzene rings is 3. The zero-order valence-electron chi connectivity index (χ0n) is 18.8. The van der Waals surface area contributed by atoms with E-state index in [2.05, 4.69) is 15.9 Å². The SMILES string of the molecule is COc1ccc([C@@H]2C(=C(O)c3ccc(Br)cc3)C(=O)C(=O)N2CCc2ccccc2)c(OC)c1. The molecule has 1 N–H and O–H groups in total. The van der Waals surface area contributed by atoms with E-state index < -0.39 is 17.7 Å². The Kier molecular flexibility index (Phi) is 7.03. The fraction of sp³-hybridized carbons (Fsp3) is 0.185. The molecule has 1 heterocycles. The Balaban J connectivity index is 1.84. The second-order valence-electron chi connectivity index (χ2n) is 7.84. The van der Waals surface area contributed by atoms with E-state index in [4.69, 9.17) is 9.47 Å². The smallest absolute Gasteiger partial charge is 0.295 e. The molecule has 1 atom stereocenters. The zero-order chi connectivity index (χ0) is 24.2. The van der Waals surface area contributed by atoms with E-state index in [1.807, 2.05) is 30.3 Å². The molecule has 0 unspecified atom stereocenters. The first-order valence-electron chi connectivity index (χ1n) is 10.7. The molecule has 1 amide bonds. The van der Waals surface area contributed by atoms with Crippen LogP contribution in [0.1, 0.15) is 22.7 Å². The fourth-order valence-electron chi connectivity index (χ4n) is 4.14. The fourth-order valence-corrected chi connectivity index (χ4v) is 4.40. The van der Waals surface area contributed by atoms with Crippen molar-refractivity contribution in [2.24, 2.45) is 0 Å². The van der Waals surface area contributed by atoms with E-state index in [1.165, 1.54) is 12.0 Å². The predicted octanol–water partition coefficient (Wildman–Crippen LogP) is 5.13. The molecule has 0 aromatic heterocycles. The summed E-state index contributed by atoms with van der Waals surface area (Å²) in [6.45, 7) is 0.297. The summed E-state index contributed by atoms with van der Waals surface area (Å²) in [5.41, 5.74) is 2.11. The average Bonchev–Trinajstić information content (AvgIpc) is 3.12. The van der Waals surface area contributed by atoms with Gasteiger partial charge in [-0.2, -0.15) is 0 Å². The summed E-state index contributed by atoms with van der Waals surface area (Å²) < 4.78 is 11.7. The van der Waals surface area contributed by atoms with Crippen LogP contribution in [0.25, 0.3) is 5.76 Å². The van der Waals surface area contributed by atoms with Gasteiger partial charge in [-0.3, -0.25) is 9.59 Å². The topological polar surface area (TPSA) is 76.1 Å². The molecule has 0 saturated carbocycles. The van der Waals surface area contributed by atoms with Crippen molar-refractivity contribution in [2.45, 2.75) is 12.5 Å². The largest absolute Gasteiger partial charge is 0.507 e. The summed E-state index contributed by atoms with van der Waals surface area (Å²) in [7, 11) is 3.07. The van der Waals surface area contributed by atoms with Gasteiger partial charge >= 0.3 is 0 Å². The van der Waals surface area contributed by atoms with Gasteiger partial charge in [-0.05, 0) is 36.2 Å². The Bertz CT molecular complexity index is 1240. The van der Waals surface area contributed by atoms with Gasteiger partial charge in [0.2, 0.25) is 0 Å². The minimum absolute atomic E-state index is 0.0313. The molecule has 174 valence electrons. The van der Waals surface area contributed by atoms with Crippen molar-refractivity contribution in [1.29, 1.82) is 0 Å². The van der Waals surface area contributed by atoms with Crippen LogP contribution in [0, 0.1) is 0 Å². The van der Waals surface area contributed by atoms with Crippen LogP contribution < -0.4 is 9.47 Å². The number of rotatable bonds is 7. The molecule has 6 nitrogen and oxygen atoms in total. The van der Waals surface area contributed by atoms with Crippen molar-refractivity contribution in [1.82, 2.24) is 4.90 Å². The maximum Gasteiger partial charge on any atom is 0.295 e. The number of nitrogens with zero attached hydrogens (tertiary/aromatic N) is 1. The minimum atomic E-state index is -0.812. The first-order valence-corrected chi connectivity index (χ1v) is 11.5. The summed E-state index contributed by atoms with van der Waals surface area (Å²) >= 11 is 3.38. The molecule has 0 aliphatic carbocycles. The molecule has 3 aromatic rings. The number of hydrogen-bond donors (Lipinski definition) is 1. The number of halogens is 1. The number of carbonyl (C=O) groups is 2. The number of methoxy groups -OCH3 is 2. The van der Waals surface area contributed by atoms with E-state index in [1.54, 1.807) is 49.6 Å². The Morgan fingerprint density at radius 2 is 1.68 bits per heavy atom. The number of aliphatic hydroxyl groups excluding tert-OH is 1. The van der Waals surface area contributed by atoms with Gasteiger partial charge in [-0.1, -0.05) is 58.4 Å². The van der Waals surface area contributed by atoms with Gasteiger partial charge in [0.05, 0.1) is 25.8 Å². The number of aliphatic hydroxyl groups is 1. The van der Waals surface area contributed by atoms with E-state index in [0.717, 1.165) is 10.0 Å². The van der Waals surface area contributed by atoms with Crippen molar-refractivity contribution in [3.8, 4) is 11.5 Å². The van der Waals surface area contributed by atoms with Crippen LogP contribution in [0.5, 0.6) is 11.5 Å². The van der Waals surface area contributed by atoms with Gasteiger partial charge in [-0.15, -0.1) is 0 Å². The lowest BCUT2D eigenvalue weighted by Gasteiger charge is -2.27. The lowest BCUT2D eigenvalue weighted by atomic mass is 9.94. The second-order valence-corrected chi connectivity index (χ2v) is 8.76. The van der Waals surface area contributed by atoms with Crippen LogP contribution in [0.3, 0.4) is 0 Å². The Morgan fingerprint density at radius 3 is 2.32 bits per heavy atom. The maximum atomic E-state index is 13.2. The molecule has 0 bridgehead atoms. The normalized spacial score (nSPS) is 17.1. The highest BCUT2D eigenvalue weighted by Gasteiger charge is 2.46. The summed E-state index contributed by atoms with van der Waals surface area (Å²) in [5.74, 6) is -0.572. The van der Waals surface area contributed by atoms with Gasteiger partial charge in [0.1, 0.15) is 17.3 Å². The lowest BCUT2D eigenvalue weighted by molar-refractivity contribution is -0.139. The first kappa shape index (κ1) is 23.6. The molecule has 1 saturated heterocycles. The molecule has 1 fully saturated rings. The molecule has 34 heavy (non-hydrogen) atoms. The average molecular weight is 522 g/mol. The zero-order valence-corrected chi connectivity index (χ0v) is 20.4. The molecule has 0 radical (unpaired) electrons. The van der Waals surface area contributed by atoms with Crippen molar-refractivity contribution >= 4 is 33.4 Å². The predicted molar refractivity (Wildman–Crippen MR) is 133 cm³/mol. The Morgan fingerprint density at radius 1 is 0.971 bits per heavy atom. The van der Waals surface area contributed by atoms with E-state index in [0.29, 0.717) is 35.6 Å². The van der Waals surface area contributed by atoms with Crippen LogP contribution >= 0.6 is 15.9 Å². The van der Waals surface area contributed by atoms with Crippen molar-refractivity contribution in [3.63, 3.8) is 0 Å². The van der Waals surface area contributed by atoms with Crippen LogP contribution in [0.15, 0.2) is 82.8 Å². The highest BCUT2D eigenvalue weighted by Crippen LogP contribution is 2.43. The van der Waals surface area contributed by atoms with Crippen LogP contribution in [-0.2, 0) is 16.0 Å². The molecule has 1 aliphatic heterocycles. The number of Topliss-reactive ketones (excluding diaryl/α,β-unsaturated/α-hetero) is 1. The molecular weight excluding hydrogens is 498 g/mol. The third-order valence-corrected chi connectivity index (χ3v) is 6.41. The number of carbonyl (C=O) groups excluding carboxylic acids is 2. The Labute approximate surface area is 206 Å². The number of likely N-dealkylation sites (tertiary alicyclic amines) is 1. The van der Waals surface area contributed by atoms with Crippen LogP contribution in [0.2, 0.25) is 0 Å². The standard InChI is InChI=1S/C27H24BrNO5/c1-33-20-12-13-21(22(16-20)34-2)24-23(25(30)18-8-10-19(28)11-9-18)26(31)27(32)29(24)15-14-17-6-4-3-5-7-17/h3-13,16,24,30H,14-15H2,1-2H3/t24-/m1/s1. The summed E-state index contributed by atoms with van der Waals surface area (Å²) in [4.78, 5) is 27.9. The summed E-state index contributed by atoms with van der Waals surface area (Å²) in [6, 6.07) is 21.1. The Hall–Kier alpha value is -3.58. The van der Waals surface area contributed by atoms with E-state index in [-0.39, 0.29) is 11.3 Å². The van der Waals surface area contributed by atoms with Gasteiger partial charge in [0.25, 0.3) is 11.7 Å². The molecule has 7 heteroatoms. The van der Waals surface area contributed by atoms with Gasteiger partial charge in [0, 0.05) is 28.2 Å². The number of ether oxygens (including phenoxy) is 2. The summed E-state index contributed by atoms with van der Waals surface area (Å²) in [5, 5.41) is 11.2. The van der Waals surface area contributed by atoms with Gasteiger partial charge in [-0.25, -0.2) is 0 Å². The monoisotopic (exact) mass is 521 g/mol. The lowest BCUT2D eigenvalue weighted by Crippen LogP contribution is -2.31. The highest BCUT2D eigenvalue weighted by atomic mass is 79.9. The number of amides is 1. The third kappa shape index (κ3) is 4.56. The van der Waals surface area contributed by atoms with Crippen molar-refractivity contribution < 1.29 is 24.2 Å². The molecular formula is C27H24BrNO5. The number of hydrogen-bond acceptors (Lipinski definition) is 5. The minimum Gasteiger partial charge on any atom is -0.507 e. The van der Waals surface area contributed by atoms with E-state index >= 15 is 0 Å². The molecule has 1 aliphatic rings. The van der Waals surface area contributed by atoms with Gasteiger partial charge in [0.15, 0.2) is 0 Å². The van der Waals surface area contributed by atoms with Crippen molar-refractivity contribution in [3.05, 3.63) is 99.5 Å². The van der Waals surface area contributed by atoms with Crippen LogP contribution in [-0.4, -0.2) is 42.5 Å². The quantitative estimate of drug-likeness (QED) is 0.265. The van der Waals surface area contributed by atoms with Crippen molar-refractivity contribution in [2.75, 3.05) is 20.8 Å². The molecule has 0 spiro atoms. The van der Waals surface area contributed by atoms with Gasteiger partial charge < -0.3 is 19.5 Å². The molecule has 4 rings (SSSR count). The van der Waals surface area contributed by atoms with E-state index in [9.17, 15) is 14.7 Å². The third-order valence-electron chi connectivity index (χ3n) is 5.88. The first-order chi connectivity index (χ1) is 16.4. The number of ketones is 1. The molecule has 3 aromatic carbocycles. The maximum absolute atomic E-state index is 13.2.